The zero-order valence-electron chi connectivity index (χ0n) is 13.6. The lowest BCUT2D eigenvalue weighted by molar-refractivity contribution is 1.07. The maximum Gasteiger partial charge on any atom is 0.267 e. The van der Waals surface area contributed by atoms with E-state index in [4.69, 9.17) is 4.98 Å². The molecule has 0 N–H and O–H groups in total. The van der Waals surface area contributed by atoms with Crippen LogP contribution in [0.3, 0.4) is 0 Å². The van der Waals surface area contributed by atoms with Crippen molar-refractivity contribution in [2.75, 3.05) is 0 Å². The highest BCUT2D eigenvalue weighted by molar-refractivity contribution is 9.10. The maximum atomic E-state index is 13.1. The zero-order chi connectivity index (χ0) is 17.7. The van der Waals surface area contributed by atoms with Crippen LogP contribution in [-0.2, 0) is 0 Å². The summed E-state index contributed by atoms with van der Waals surface area (Å²) in [5.74, 6) is 0.405. The average molecular weight is 402 g/mol. The van der Waals surface area contributed by atoms with Crippen molar-refractivity contribution in [1.29, 1.82) is 0 Å². The molecule has 5 rings (SSSR count). The first-order chi connectivity index (χ1) is 12.7. The number of benzene rings is 3. The highest BCUT2D eigenvalue weighted by Crippen LogP contribution is 2.29. The van der Waals surface area contributed by atoms with E-state index in [0.29, 0.717) is 16.7 Å². The highest BCUT2D eigenvalue weighted by Gasteiger charge is 2.14. The quantitative estimate of drug-likeness (QED) is 0.298. The summed E-state index contributed by atoms with van der Waals surface area (Å²) < 4.78 is 2.53. The Labute approximate surface area is 156 Å². The van der Waals surface area contributed by atoms with Gasteiger partial charge in [-0.3, -0.25) is 4.79 Å². The summed E-state index contributed by atoms with van der Waals surface area (Å²) in [6, 6.07) is 23.2. The van der Waals surface area contributed by atoms with Gasteiger partial charge in [0.1, 0.15) is 0 Å². The predicted molar refractivity (Wildman–Crippen MR) is 107 cm³/mol. The molecule has 0 aliphatic rings. The van der Waals surface area contributed by atoms with Gasteiger partial charge in [0.15, 0.2) is 0 Å². The van der Waals surface area contributed by atoms with Gasteiger partial charge in [0.05, 0.1) is 22.1 Å². The molecule has 26 heavy (non-hydrogen) atoms. The third-order valence-electron chi connectivity index (χ3n) is 4.47. The number of para-hydroxylation sites is 1. The van der Waals surface area contributed by atoms with Crippen molar-refractivity contribution in [3.63, 3.8) is 0 Å². The summed E-state index contributed by atoms with van der Waals surface area (Å²) in [5.41, 5.74) is 3.13. The molecule has 0 saturated heterocycles. The molecule has 0 atom stereocenters. The highest BCUT2D eigenvalue weighted by atomic mass is 79.9. The summed E-state index contributed by atoms with van der Waals surface area (Å²) >= 11 is 3.53. The Morgan fingerprint density at radius 1 is 0.808 bits per heavy atom. The van der Waals surface area contributed by atoms with Gasteiger partial charge in [0, 0.05) is 15.4 Å². The molecule has 0 fully saturated rings. The first kappa shape index (κ1) is 15.2. The zero-order valence-corrected chi connectivity index (χ0v) is 15.1. The van der Waals surface area contributed by atoms with E-state index in [0.717, 1.165) is 26.6 Å². The minimum atomic E-state index is -0.106. The molecule has 5 aromatic rings. The molecule has 0 amide bonds. The molecule has 5 heteroatoms. The molecular weight excluding hydrogens is 390 g/mol. The second-order valence-corrected chi connectivity index (χ2v) is 6.97. The van der Waals surface area contributed by atoms with Gasteiger partial charge in [-0.1, -0.05) is 58.4 Å². The molecule has 2 aromatic heterocycles. The van der Waals surface area contributed by atoms with E-state index >= 15 is 0 Å². The Bertz CT molecular complexity index is 1360. The molecule has 0 bridgehead atoms. The van der Waals surface area contributed by atoms with Crippen LogP contribution in [0, 0.1) is 0 Å². The number of halogens is 1. The third kappa shape index (κ3) is 2.24. The van der Waals surface area contributed by atoms with Gasteiger partial charge in [-0.05, 0) is 30.3 Å². The standard InChI is InChI=1S/C21H12BrN3O/c22-14-10-11-18-16(12-14)19(13-6-2-1-3-7-13)24-21-23-17-9-5-4-8-15(17)20(26)25(18)21/h1-12H. The van der Waals surface area contributed by atoms with Crippen molar-refractivity contribution < 1.29 is 0 Å². The first-order valence-corrected chi connectivity index (χ1v) is 8.98. The fraction of sp³-hybridized carbons (Fsp3) is 0. The molecule has 0 aliphatic carbocycles. The molecular formula is C21H12BrN3O. The van der Waals surface area contributed by atoms with E-state index in [2.05, 4.69) is 20.9 Å². The topological polar surface area (TPSA) is 47.3 Å². The fourth-order valence-electron chi connectivity index (χ4n) is 3.28. The largest absolute Gasteiger partial charge is 0.268 e. The van der Waals surface area contributed by atoms with E-state index < -0.39 is 0 Å². The van der Waals surface area contributed by atoms with Crippen LogP contribution in [0.5, 0.6) is 0 Å². The Kier molecular flexibility index (Phi) is 3.36. The molecule has 0 aliphatic heterocycles. The molecule has 0 spiro atoms. The van der Waals surface area contributed by atoms with Crippen LogP contribution in [0.4, 0.5) is 0 Å². The lowest BCUT2D eigenvalue weighted by Gasteiger charge is -2.11. The predicted octanol–water partition coefficient (Wildman–Crippen LogP) is 4.83. The van der Waals surface area contributed by atoms with Crippen LogP contribution in [0.25, 0.3) is 38.8 Å². The van der Waals surface area contributed by atoms with Crippen LogP contribution in [0.1, 0.15) is 0 Å². The van der Waals surface area contributed by atoms with Crippen LogP contribution in [-0.4, -0.2) is 14.4 Å². The summed E-state index contributed by atoms with van der Waals surface area (Å²) in [6.45, 7) is 0. The van der Waals surface area contributed by atoms with Gasteiger partial charge < -0.3 is 0 Å². The molecule has 124 valence electrons. The van der Waals surface area contributed by atoms with Crippen LogP contribution in [0.2, 0.25) is 0 Å². The summed E-state index contributed by atoms with van der Waals surface area (Å²) in [7, 11) is 0. The van der Waals surface area contributed by atoms with E-state index in [9.17, 15) is 4.79 Å². The van der Waals surface area contributed by atoms with Gasteiger partial charge in [0.25, 0.3) is 5.56 Å². The number of rotatable bonds is 1. The number of hydrogen-bond acceptors (Lipinski definition) is 3. The summed E-state index contributed by atoms with van der Waals surface area (Å²) in [5, 5.41) is 1.49. The Morgan fingerprint density at radius 2 is 1.58 bits per heavy atom. The fourth-order valence-corrected chi connectivity index (χ4v) is 3.64. The van der Waals surface area contributed by atoms with Gasteiger partial charge in [-0.2, -0.15) is 0 Å². The number of nitrogens with zero attached hydrogens (tertiary/aromatic N) is 3. The van der Waals surface area contributed by atoms with Crippen LogP contribution in [0.15, 0.2) is 82.1 Å². The monoisotopic (exact) mass is 401 g/mol. The lowest BCUT2D eigenvalue weighted by atomic mass is 10.1. The second kappa shape index (κ2) is 5.75. The van der Waals surface area contributed by atoms with Gasteiger partial charge >= 0.3 is 0 Å². The Balaban J connectivity index is 2.04. The molecule has 3 aromatic carbocycles. The minimum absolute atomic E-state index is 0.106. The van der Waals surface area contributed by atoms with Crippen molar-refractivity contribution in [3.8, 4) is 11.3 Å². The lowest BCUT2D eigenvalue weighted by Crippen LogP contribution is -2.17. The Morgan fingerprint density at radius 3 is 2.42 bits per heavy atom. The van der Waals surface area contributed by atoms with Gasteiger partial charge in [0.2, 0.25) is 5.78 Å². The Hall–Kier alpha value is -3.05. The van der Waals surface area contributed by atoms with E-state index in [1.54, 1.807) is 10.5 Å². The number of hydrogen-bond donors (Lipinski definition) is 0. The van der Waals surface area contributed by atoms with E-state index in [-0.39, 0.29) is 5.56 Å². The maximum absolute atomic E-state index is 13.1. The first-order valence-electron chi connectivity index (χ1n) is 8.18. The van der Waals surface area contributed by atoms with E-state index in [1.165, 1.54) is 0 Å². The molecule has 0 radical (unpaired) electrons. The van der Waals surface area contributed by atoms with Crippen molar-refractivity contribution in [3.05, 3.63) is 87.6 Å². The normalized spacial score (nSPS) is 11.4. The molecule has 4 nitrogen and oxygen atoms in total. The van der Waals surface area contributed by atoms with E-state index in [1.807, 2.05) is 66.7 Å². The summed E-state index contributed by atoms with van der Waals surface area (Å²) in [6.07, 6.45) is 0. The number of fused-ring (bicyclic) bond motifs is 4. The smallest absolute Gasteiger partial charge is 0.267 e. The summed E-state index contributed by atoms with van der Waals surface area (Å²) in [4.78, 5) is 22.5. The van der Waals surface area contributed by atoms with Crippen LogP contribution >= 0.6 is 15.9 Å². The third-order valence-corrected chi connectivity index (χ3v) is 4.96. The second-order valence-electron chi connectivity index (χ2n) is 6.06. The van der Waals surface area contributed by atoms with Crippen molar-refractivity contribution in [2.24, 2.45) is 0 Å². The van der Waals surface area contributed by atoms with Crippen LogP contribution < -0.4 is 5.56 Å². The van der Waals surface area contributed by atoms with Gasteiger partial charge in [-0.15, -0.1) is 0 Å². The SMILES string of the molecule is O=c1c2ccccc2nc2nc(-c3ccccc3)c3cc(Br)ccc3n12. The average Bonchev–Trinajstić information content (AvgIpc) is 2.68. The van der Waals surface area contributed by atoms with Crippen molar-refractivity contribution >= 4 is 43.5 Å². The minimum Gasteiger partial charge on any atom is -0.268 e. The molecule has 0 saturated carbocycles. The molecule has 2 heterocycles. The number of aromatic nitrogens is 3. The van der Waals surface area contributed by atoms with Crippen molar-refractivity contribution in [1.82, 2.24) is 14.4 Å². The van der Waals surface area contributed by atoms with Gasteiger partial charge in [-0.25, -0.2) is 14.4 Å². The molecule has 0 unspecified atom stereocenters. The van der Waals surface area contributed by atoms with Crippen molar-refractivity contribution in [2.45, 2.75) is 0 Å².